The van der Waals surface area contributed by atoms with Gasteiger partial charge in [0.15, 0.2) is 0 Å². The molecule has 0 bridgehead atoms. The molecule has 0 spiro atoms. The van der Waals surface area contributed by atoms with E-state index in [9.17, 15) is 25.0 Å². The minimum atomic E-state index is -1.12. The van der Waals surface area contributed by atoms with Gasteiger partial charge in [0.05, 0.1) is 6.42 Å². The molecule has 1 rings (SSSR count). The second kappa shape index (κ2) is 11.0. The van der Waals surface area contributed by atoms with Crippen LogP contribution >= 0.6 is 0 Å². The molecule has 0 aliphatic rings. The van der Waals surface area contributed by atoms with Crippen molar-refractivity contribution in [3.8, 4) is 5.75 Å². The number of allylic oxidation sites excluding steroid dienone is 1. The number of hydrogen-bond donors (Lipinski definition) is 0. The number of nitro groups is 2. The quantitative estimate of drug-likeness (QED) is 0.195. The fourth-order valence-corrected chi connectivity index (χ4v) is 2.61. The number of unbranched alkanes of at least 4 members (excludes halogenated alkanes) is 1. The average Bonchev–Trinajstić information content (AvgIpc) is 2.58. The van der Waals surface area contributed by atoms with Crippen LogP contribution in [0.5, 0.6) is 5.75 Å². The van der Waals surface area contributed by atoms with Gasteiger partial charge in [0.25, 0.3) is 0 Å². The van der Waals surface area contributed by atoms with Crippen LogP contribution in [0.1, 0.15) is 45.1 Å². The highest BCUT2D eigenvalue weighted by Gasteiger charge is 2.32. The van der Waals surface area contributed by atoms with E-state index < -0.39 is 27.9 Å². The standard InChI is InChI=1S/C18H24N2O6/c1-3-5-10-15(19(22)23)13-16(20(24)25)12-14-9-6-7-11-17(14)26-18(21)8-4-2/h4,6-9,11,15-16H,3,5,10,12-13H2,1-2H3. The molecule has 26 heavy (non-hydrogen) atoms. The number of para-hydroxylation sites is 1. The van der Waals surface area contributed by atoms with Crippen molar-refractivity contribution in [1.82, 2.24) is 0 Å². The van der Waals surface area contributed by atoms with Gasteiger partial charge in [-0.15, -0.1) is 0 Å². The number of carbonyl (C=O) groups excluding carboxylic acids is 1. The van der Waals surface area contributed by atoms with Gasteiger partial charge < -0.3 is 4.74 Å². The maximum absolute atomic E-state index is 11.6. The largest absolute Gasteiger partial charge is 0.423 e. The minimum absolute atomic E-state index is 0.0389. The van der Waals surface area contributed by atoms with Crippen LogP contribution in [0.25, 0.3) is 0 Å². The van der Waals surface area contributed by atoms with E-state index in [1.54, 1.807) is 31.2 Å². The Bertz CT molecular complexity index is 659. The predicted octanol–water partition coefficient (Wildman–Crippen LogP) is 3.58. The first-order valence-corrected chi connectivity index (χ1v) is 8.58. The van der Waals surface area contributed by atoms with E-state index in [2.05, 4.69) is 0 Å². The molecule has 0 radical (unpaired) electrons. The van der Waals surface area contributed by atoms with Gasteiger partial charge in [-0.3, -0.25) is 20.2 Å². The minimum Gasteiger partial charge on any atom is -0.423 e. The van der Waals surface area contributed by atoms with Crippen LogP contribution in [0.15, 0.2) is 36.4 Å². The van der Waals surface area contributed by atoms with Gasteiger partial charge in [-0.2, -0.15) is 0 Å². The summed E-state index contributed by atoms with van der Waals surface area (Å²) in [4.78, 5) is 33.3. The predicted molar refractivity (Wildman–Crippen MR) is 96.3 cm³/mol. The lowest BCUT2D eigenvalue weighted by Gasteiger charge is -2.15. The Kier molecular flexibility index (Phi) is 8.97. The van der Waals surface area contributed by atoms with E-state index >= 15 is 0 Å². The Balaban J connectivity index is 2.95. The zero-order chi connectivity index (χ0) is 19.5. The first-order valence-electron chi connectivity index (χ1n) is 8.58. The summed E-state index contributed by atoms with van der Waals surface area (Å²) in [5, 5.41) is 22.6. The van der Waals surface area contributed by atoms with E-state index in [4.69, 9.17) is 4.74 Å². The van der Waals surface area contributed by atoms with Crippen molar-refractivity contribution in [2.75, 3.05) is 0 Å². The molecule has 142 valence electrons. The van der Waals surface area contributed by atoms with Crippen LogP contribution in [0.3, 0.4) is 0 Å². The van der Waals surface area contributed by atoms with Crippen molar-refractivity contribution in [2.45, 2.75) is 58.0 Å². The molecule has 2 atom stereocenters. The van der Waals surface area contributed by atoms with E-state index in [-0.39, 0.29) is 18.6 Å². The first-order chi connectivity index (χ1) is 12.4. The number of esters is 1. The third kappa shape index (κ3) is 7.00. The lowest BCUT2D eigenvalue weighted by atomic mass is 9.97. The Hall–Kier alpha value is -2.77. The number of hydrogen-bond acceptors (Lipinski definition) is 6. The van der Waals surface area contributed by atoms with Crippen LogP contribution in [0, 0.1) is 20.2 Å². The highest BCUT2D eigenvalue weighted by Crippen LogP contribution is 2.23. The van der Waals surface area contributed by atoms with Crippen molar-refractivity contribution in [3.05, 3.63) is 62.2 Å². The smallest absolute Gasteiger partial charge is 0.335 e. The SMILES string of the molecule is CC=CC(=O)Oc1ccccc1CC(CC(CCCC)[N+](=O)[O-])[N+](=O)[O-]. The van der Waals surface area contributed by atoms with Gasteiger partial charge in [-0.1, -0.05) is 37.6 Å². The zero-order valence-corrected chi connectivity index (χ0v) is 15.0. The average molecular weight is 364 g/mol. The third-order valence-electron chi connectivity index (χ3n) is 3.97. The molecule has 1 aromatic rings. The van der Waals surface area contributed by atoms with Gasteiger partial charge >= 0.3 is 5.97 Å². The molecular formula is C18H24N2O6. The topological polar surface area (TPSA) is 113 Å². The van der Waals surface area contributed by atoms with Crippen LogP contribution in [-0.4, -0.2) is 27.9 Å². The summed E-state index contributed by atoms with van der Waals surface area (Å²) in [6.45, 7) is 3.58. The van der Waals surface area contributed by atoms with Crippen molar-refractivity contribution in [2.24, 2.45) is 0 Å². The molecule has 0 aliphatic carbocycles. The maximum Gasteiger partial charge on any atom is 0.335 e. The summed E-state index contributed by atoms with van der Waals surface area (Å²) in [5.41, 5.74) is 0.477. The van der Waals surface area contributed by atoms with Gasteiger partial charge in [0.1, 0.15) is 5.75 Å². The molecule has 0 N–H and O–H groups in total. The molecule has 8 heteroatoms. The lowest BCUT2D eigenvalue weighted by molar-refractivity contribution is -0.560. The molecular weight excluding hydrogens is 340 g/mol. The van der Waals surface area contributed by atoms with Crippen molar-refractivity contribution in [3.63, 3.8) is 0 Å². The van der Waals surface area contributed by atoms with Gasteiger partial charge in [0.2, 0.25) is 12.1 Å². The molecule has 0 saturated carbocycles. The van der Waals surface area contributed by atoms with E-state index in [0.717, 1.165) is 6.42 Å². The number of rotatable bonds is 11. The summed E-state index contributed by atoms with van der Waals surface area (Å²) in [7, 11) is 0. The Labute approximate surface area is 152 Å². The van der Waals surface area contributed by atoms with Gasteiger partial charge in [-0.25, -0.2) is 4.79 Å². The number of nitrogens with zero attached hydrogens (tertiary/aromatic N) is 2. The maximum atomic E-state index is 11.6. The molecule has 0 amide bonds. The van der Waals surface area contributed by atoms with Crippen LogP contribution in [0.2, 0.25) is 0 Å². The molecule has 0 aromatic heterocycles. The second-order valence-electron chi connectivity index (χ2n) is 5.99. The van der Waals surface area contributed by atoms with E-state index in [0.29, 0.717) is 18.4 Å². The summed E-state index contributed by atoms with van der Waals surface area (Å²) in [5.74, 6) is -0.350. The molecule has 8 nitrogen and oxygen atoms in total. The highest BCUT2D eigenvalue weighted by molar-refractivity contribution is 5.84. The number of benzene rings is 1. The fourth-order valence-electron chi connectivity index (χ4n) is 2.61. The second-order valence-corrected chi connectivity index (χ2v) is 5.99. The molecule has 2 unspecified atom stereocenters. The lowest BCUT2D eigenvalue weighted by Crippen LogP contribution is -2.32. The monoisotopic (exact) mass is 364 g/mol. The van der Waals surface area contributed by atoms with Gasteiger partial charge in [-0.05, 0) is 19.4 Å². The molecule has 0 aliphatic heterocycles. The van der Waals surface area contributed by atoms with Gasteiger partial charge in [0, 0.05) is 34.3 Å². The van der Waals surface area contributed by atoms with Crippen LogP contribution in [0.4, 0.5) is 0 Å². The summed E-state index contributed by atoms with van der Waals surface area (Å²) >= 11 is 0. The Morgan fingerprint density at radius 3 is 2.42 bits per heavy atom. The van der Waals surface area contributed by atoms with Crippen LogP contribution in [-0.2, 0) is 11.2 Å². The number of ether oxygens (including phenoxy) is 1. The summed E-state index contributed by atoms with van der Waals surface area (Å²) < 4.78 is 5.20. The van der Waals surface area contributed by atoms with Crippen molar-refractivity contribution in [1.29, 1.82) is 0 Å². The number of carbonyl (C=O) groups is 1. The molecule has 0 fully saturated rings. The van der Waals surface area contributed by atoms with Crippen molar-refractivity contribution >= 4 is 5.97 Å². The fraction of sp³-hybridized carbons (Fsp3) is 0.500. The van der Waals surface area contributed by atoms with E-state index in [1.807, 2.05) is 6.92 Å². The first kappa shape index (κ1) is 21.3. The third-order valence-corrected chi connectivity index (χ3v) is 3.97. The molecule has 0 heterocycles. The summed E-state index contributed by atoms with van der Waals surface area (Å²) in [6, 6.07) is 4.44. The van der Waals surface area contributed by atoms with Crippen molar-refractivity contribution < 1.29 is 19.4 Å². The Morgan fingerprint density at radius 1 is 1.19 bits per heavy atom. The summed E-state index contributed by atoms with van der Waals surface area (Å²) in [6.07, 6.45) is 4.33. The Morgan fingerprint density at radius 2 is 1.85 bits per heavy atom. The van der Waals surface area contributed by atoms with Crippen LogP contribution < -0.4 is 4.74 Å². The zero-order valence-electron chi connectivity index (χ0n) is 15.0. The normalized spacial score (nSPS) is 13.3. The molecule has 0 saturated heterocycles. The molecule has 1 aromatic carbocycles. The van der Waals surface area contributed by atoms with E-state index in [1.165, 1.54) is 12.2 Å². The highest BCUT2D eigenvalue weighted by atomic mass is 16.6.